The van der Waals surface area contributed by atoms with Crippen LogP contribution in [0.15, 0.2) is 24.3 Å². The van der Waals surface area contributed by atoms with Crippen molar-refractivity contribution in [1.29, 1.82) is 0 Å². The van der Waals surface area contributed by atoms with Crippen molar-refractivity contribution in [1.82, 2.24) is 0 Å². The second-order valence-electron chi connectivity index (χ2n) is 4.77. The minimum atomic E-state index is 0.405. The molecule has 0 radical (unpaired) electrons. The summed E-state index contributed by atoms with van der Waals surface area (Å²) in [5, 5.41) is 0. The van der Waals surface area contributed by atoms with Gasteiger partial charge in [0.2, 0.25) is 0 Å². The van der Waals surface area contributed by atoms with E-state index in [1.807, 2.05) is 0 Å². The van der Waals surface area contributed by atoms with Gasteiger partial charge >= 0.3 is 0 Å². The summed E-state index contributed by atoms with van der Waals surface area (Å²) in [6.45, 7) is 4.53. The fourth-order valence-electron chi connectivity index (χ4n) is 2.39. The van der Waals surface area contributed by atoms with Gasteiger partial charge in [-0.15, -0.1) is 0 Å². The van der Waals surface area contributed by atoms with E-state index in [2.05, 4.69) is 54.0 Å². The van der Waals surface area contributed by atoms with Crippen molar-refractivity contribution >= 4 is 15.9 Å². The van der Waals surface area contributed by atoms with E-state index >= 15 is 0 Å². The summed E-state index contributed by atoms with van der Waals surface area (Å²) >= 11 is 3.73. The zero-order valence-electron chi connectivity index (χ0n) is 8.89. The molecule has 0 saturated heterocycles. The van der Waals surface area contributed by atoms with Gasteiger partial charge in [-0.3, -0.25) is 0 Å². The number of benzene rings is 1. The van der Waals surface area contributed by atoms with E-state index in [-0.39, 0.29) is 0 Å². The molecule has 0 bridgehead atoms. The van der Waals surface area contributed by atoms with Gasteiger partial charge in [0.1, 0.15) is 0 Å². The fourth-order valence-corrected chi connectivity index (χ4v) is 3.33. The molecule has 0 amide bonds. The first-order valence-electron chi connectivity index (χ1n) is 5.31. The molecule has 0 spiro atoms. The first-order chi connectivity index (χ1) is 6.60. The van der Waals surface area contributed by atoms with Gasteiger partial charge < -0.3 is 0 Å². The molecular formula is C13H17Br. The van der Waals surface area contributed by atoms with E-state index in [0.717, 1.165) is 0 Å². The van der Waals surface area contributed by atoms with Gasteiger partial charge in [0, 0.05) is 4.83 Å². The molecule has 76 valence electrons. The van der Waals surface area contributed by atoms with Crippen LogP contribution in [0.3, 0.4) is 0 Å². The molecular weight excluding hydrogens is 236 g/mol. The first kappa shape index (κ1) is 10.2. The van der Waals surface area contributed by atoms with Gasteiger partial charge in [0.25, 0.3) is 0 Å². The predicted octanol–water partition coefficient (Wildman–Crippen LogP) is 4.20. The molecule has 14 heavy (non-hydrogen) atoms. The Morgan fingerprint density at radius 3 is 2.43 bits per heavy atom. The number of hydrogen-bond donors (Lipinski definition) is 0. The molecule has 0 aliphatic heterocycles. The van der Waals surface area contributed by atoms with Gasteiger partial charge in [0.05, 0.1) is 0 Å². The summed E-state index contributed by atoms with van der Waals surface area (Å²) in [6.07, 6.45) is 3.90. The van der Waals surface area contributed by atoms with Crippen LogP contribution in [0.1, 0.15) is 37.3 Å². The van der Waals surface area contributed by atoms with E-state index in [1.54, 1.807) is 0 Å². The third kappa shape index (κ3) is 1.88. The third-order valence-electron chi connectivity index (χ3n) is 3.43. The largest absolute Gasteiger partial charge is 0.0890 e. The Morgan fingerprint density at radius 1 is 1.29 bits per heavy atom. The maximum Gasteiger partial charge on any atom is 0.0154 e. The number of rotatable bonds is 1. The van der Waals surface area contributed by atoms with Crippen LogP contribution in [0, 0.1) is 6.92 Å². The summed E-state index contributed by atoms with van der Waals surface area (Å²) < 4.78 is 0. The molecule has 0 heterocycles. The van der Waals surface area contributed by atoms with Crippen molar-refractivity contribution in [2.75, 3.05) is 0 Å². The van der Waals surface area contributed by atoms with Crippen molar-refractivity contribution in [2.24, 2.45) is 0 Å². The monoisotopic (exact) mass is 252 g/mol. The van der Waals surface area contributed by atoms with Crippen LogP contribution in [-0.2, 0) is 5.41 Å². The van der Waals surface area contributed by atoms with Gasteiger partial charge in [-0.2, -0.15) is 0 Å². The highest BCUT2D eigenvalue weighted by atomic mass is 79.9. The number of aryl methyl sites for hydroxylation is 1. The molecule has 1 aromatic rings. The Bertz CT molecular complexity index is 315. The molecule has 1 fully saturated rings. The SMILES string of the molecule is Cc1ccc(C2(C)CCC(Br)C2)cc1. The Kier molecular flexibility index (Phi) is 2.70. The Morgan fingerprint density at radius 2 is 1.93 bits per heavy atom. The maximum atomic E-state index is 3.73. The minimum absolute atomic E-state index is 0.405. The van der Waals surface area contributed by atoms with E-state index in [4.69, 9.17) is 0 Å². The zero-order valence-corrected chi connectivity index (χ0v) is 10.5. The molecule has 0 N–H and O–H groups in total. The predicted molar refractivity (Wildman–Crippen MR) is 65.1 cm³/mol. The van der Waals surface area contributed by atoms with Crippen LogP contribution >= 0.6 is 15.9 Å². The highest BCUT2D eigenvalue weighted by Crippen LogP contribution is 2.43. The van der Waals surface area contributed by atoms with Gasteiger partial charge in [-0.25, -0.2) is 0 Å². The lowest BCUT2D eigenvalue weighted by Gasteiger charge is -2.24. The maximum absolute atomic E-state index is 3.73. The standard InChI is InChI=1S/C13H17Br/c1-10-3-5-11(6-4-10)13(2)8-7-12(14)9-13/h3-6,12H,7-9H2,1-2H3. The summed E-state index contributed by atoms with van der Waals surface area (Å²) in [7, 11) is 0. The average molecular weight is 253 g/mol. The summed E-state index contributed by atoms with van der Waals surface area (Å²) in [4.78, 5) is 0.716. The van der Waals surface area contributed by atoms with Gasteiger partial charge in [-0.05, 0) is 37.2 Å². The molecule has 2 rings (SSSR count). The molecule has 1 heteroatoms. The summed E-state index contributed by atoms with van der Waals surface area (Å²) in [6, 6.07) is 9.03. The molecule has 1 saturated carbocycles. The summed E-state index contributed by atoms with van der Waals surface area (Å²) in [5.41, 5.74) is 3.26. The Labute approximate surface area is 94.8 Å². The number of hydrogen-bond acceptors (Lipinski definition) is 0. The zero-order chi connectivity index (χ0) is 10.2. The fraction of sp³-hybridized carbons (Fsp3) is 0.538. The van der Waals surface area contributed by atoms with Crippen LogP contribution in [-0.4, -0.2) is 4.83 Å². The summed E-state index contributed by atoms with van der Waals surface area (Å²) in [5.74, 6) is 0. The van der Waals surface area contributed by atoms with Crippen LogP contribution in [0.4, 0.5) is 0 Å². The van der Waals surface area contributed by atoms with Crippen molar-refractivity contribution in [3.05, 3.63) is 35.4 Å². The second kappa shape index (κ2) is 3.69. The molecule has 1 aliphatic carbocycles. The Hall–Kier alpha value is -0.300. The van der Waals surface area contributed by atoms with E-state index in [9.17, 15) is 0 Å². The highest BCUT2D eigenvalue weighted by Gasteiger charge is 2.34. The minimum Gasteiger partial charge on any atom is -0.0890 e. The lowest BCUT2D eigenvalue weighted by molar-refractivity contribution is 0.493. The molecule has 1 aromatic carbocycles. The normalized spacial score (nSPS) is 32.1. The van der Waals surface area contributed by atoms with Crippen molar-refractivity contribution < 1.29 is 0 Å². The van der Waals surface area contributed by atoms with Crippen LogP contribution in [0.2, 0.25) is 0 Å². The van der Waals surface area contributed by atoms with E-state index in [0.29, 0.717) is 10.2 Å². The van der Waals surface area contributed by atoms with E-state index < -0.39 is 0 Å². The highest BCUT2D eigenvalue weighted by molar-refractivity contribution is 9.09. The van der Waals surface area contributed by atoms with E-state index in [1.165, 1.54) is 30.4 Å². The molecule has 0 nitrogen and oxygen atoms in total. The van der Waals surface area contributed by atoms with Gasteiger partial charge in [-0.1, -0.05) is 52.7 Å². The van der Waals surface area contributed by atoms with Crippen LogP contribution < -0.4 is 0 Å². The topological polar surface area (TPSA) is 0 Å². The van der Waals surface area contributed by atoms with Crippen molar-refractivity contribution in [3.8, 4) is 0 Å². The number of halogens is 1. The van der Waals surface area contributed by atoms with Gasteiger partial charge in [0.15, 0.2) is 0 Å². The number of alkyl halides is 1. The molecule has 0 aromatic heterocycles. The van der Waals surface area contributed by atoms with Crippen LogP contribution in [0.5, 0.6) is 0 Å². The first-order valence-corrected chi connectivity index (χ1v) is 6.23. The third-order valence-corrected chi connectivity index (χ3v) is 4.21. The Balaban J connectivity index is 2.26. The smallest absolute Gasteiger partial charge is 0.0154 e. The molecule has 2 unspecified atom stereocenters. The quantitative estimate of drug-likeness (QED) is 0.658. The lowest BCUT2D eigenvalue weighted by Crippen LogP contribution is -2.17. The van der Waals surface area contributed by atoms with Crippen LogP contribution in [0.25, 0.3) is 0 Å². The molecule has 1 aliphatic rings. The van der Waals surface area contributed by atoms with Crippen molar-refractivity contribution in [3.63, 3.8) is 0 Å². The average Bonchev–Trinajstić information content (AvgIpc) is 2.48. The van der Waals surface area contributed by atoms with Crippen molar-refractivity contribution in [2.45, 2.75) is 43.4 Å². The lowest BCUT2D eigenvalue weighted by atomic mass is 9.81. The molecule has 2 atom stereocenters. The second-order valence-corrected chi connectivity index (χ2v) is 6.06.